The zero-order chi connectivity index (χ0) is 30.4. The van der Waals surface area contributed by atoms with Gasteiger partial charge in [-0.1, -0.05) is 106 Å². The van der Waals surface area contributed by atoms with E-state index >= 15 is 0 Å². The summed E-state index contributed by atoms with van der Waals surface area (Å²) in [7, 11) is 0. The molecule has 1 aromatic heterocycles. The molecule has 3 heterocycles. The third-order valence-electron chi connectivity index (χ3n) is 10.0. The number of hydrogen-bond donors (Lipinski definition) is 0. The predicted octanol–water partition coefficient (Wildman–Crippen LogP) is 9.78. The van der Waals surface area contributed by atoms with Crippen LogP contribution in [0.25, 0.3) is 44.2 Å². The Hall–Kier alpha value is -5.02. The predicted molar refractivity (Wildman–Crippen MR) is 192 cm³/mol. The molecule has 0 fully saturated rings. The van der Waals surface area contributed by atoms with Crippen molar-refractivity contribution in [1.82, 2.24) is 0 Å². The van der Waals surface area contributed by atoms with Crippen LogP contribution in [-0.2, 0) is 0 Å². The van der Waals surface area contributed by atoms with Crippen molar-refractivity contribution in [3.63, 3.8) is 0 Å². The number of fused-ring (bicyclic) bond motifs is 8. The molecule has 7 aromatic rings. The van der Waals surface area contributed by atoms with Gasteiger partial charge in [0.25, 0.3) is 0 Å². The largest absolute Gasteiger partial charge is 0.456 e. The van der Waals surface area contributed by atoms with Gasteiger partial charge in [0.15, 0.2) is 0 Å². The van der Waals surface area contributed by atoms with Gasteiger partial charge in [-0.2, -0.15) is 0 Å². The van der Waals surface area contributed by atoms with Gasteiger partial charge >= 0.3 is 0 Å². The number of anilines is 3. The number of nitrogens with zero attached hydrogens (tertiary/aromatic N) is 1. The smallest absolute Gasteiger partial charge is 0.248 e. The summed E-state index contributed by atoms with van der Waals surface area (Å²) in [6.45, 7) is 9.32. The fraction of sp³-hybridized carbons (Fsp3) is 0.143. The zero-order valence-corrected chi connectivity index (χ0v) is 26.1. The van der Waals surface area contributed by atoms with E-state index in [1.54, 1.807) is 0 Å². The molecule has 6 aromatic carbocycles. The van der Waals surface area contributed by atoms with Crippen molar-refractivity contribution in [2.45, 2.75) is 39.5 Å². The summed E-state index contributed by atoms with van der Waals surface area (Å²) in [5.41, 5.74) is 17.6. The molecule has 9 rings (SSSR count). The summed E-state index contributed by atoms with van der Waals surface area (Å²) in [6, 6.07) is 45.2. The summed E-state index contributed by atoms with van der Waals surface area (Å²) >= 11 is 0. The molecule has 0 aliphatic carbocycles. The average Bonchev–Trinajstić information content (AvgIpc) is 3.61. The van der Waals surface area contributed by atoms with Crippen LogP contribution in [0.1, 0.15) is 50.7 Å². The monoisotopic (exact) mass is 579 g/mol. The first-order valence-corrected chi connectivity index (χ1v) is 16.2. The number of hydrogen-bond acceptors (Lipinski definition) is 2. The molecule has 0 saturated carbocycles. The van der Waals surface area contributed by atoms with Gasteiger partial charge in [-0.3, -0.25) is 0 Å². The van der Waals surface area contributed by atoms with Gasteiger partial charge in [0.05, 0.1) is 0 Å². The highest BCUT2D eigenvalue weighted by atomic mass is 16.3. The molecule has 0 saturated heterocycles. The Labute approximate surface area is 265 Å². The maximum absolute atomic E-state index is 6.19. The normalized spacial score (nSPS) is 13.2. The molecule has 0 spiro atoms. The molecule has 0 amide bonds. The second-order valence-corrected chi connectivity index (χ2v) is 13.3. The van der Waals surface area contributed by atoms with Crippen molar-refractivity contribution < 1.29 is 4.42 Å². The summed E-state index contributed by atoms with van der Waals surface area (Å²) in [5.74, 6) is 0.949. The lowest BCUT2D eigenvalue weighted by molar-refractivity contribution is 0.669. The third kappa shape index (κ3) is 3.90. The minimum atomic E-state index is 0.209. The Morgan fingerprint density at radius 1 is 0.533 bits per heavy atom. The number of benzene rings is 6. The molecule has 216 valence electrons. The summed E-state index contributed by atoms with van der Waals surface area (Å²) in [5, 5.41) is 2.31. The lowest BCUT2D eigenvalue weighted by Crippen LogP contribution is -2.54. The molecule has 0 radical (unpaired) electrons. The number of rotatable bonds is 4. The molecule has 0 atom stereocenters. The Morgan fingerprint density at radius 3 is 2.09 bits per heavy atom. The third-order valence-corrected chi connectivity index (χ3v) is 10.0. The van der Waals surface area contributed by atoms with Gasteiger partial charge in [-0.15, -0.1) is 0 Å². The van der Waals surface area contributed by atoms with E-state index in [0.29, 0.717) is 11.8 Å². The van der Waals surface area contributed by atoms with E-state index in [4.69, 9.17) is 4.42 Å². The van der Waals surface area contributed by atoms with Gasteiger partial charge in [0.1, 0.15) is 11.2 Å². The Morgan fingerprint density at radius 2 is 1.27 bits per heavy atom. The number of para-hydroxylation sites is 1. The highest BCUT2D eigenvalue weighted by Crippen LogP contribution is 2.44. The van der Waals surface area contributed by atoms with Crippen molar-refractivity contribution in [3.05, 3.63) is 132 Å². The van der Waals surface area contributed by atoms with Crippen LogP contribution in [0.4, 0.5) is 17.1 Å². The van der Waals surface area contributed by atoms with Crippen molar-refractivity contribution in [3.8, 4) is 22.3 Å². The minimum Gasteiger partial charge on any atom is -0.456 e. The zero-order valence-electron chi connectivity index (χ0n) is 26.1. The minimum absolute atomic E-state index is 0.209. The SMILES string of the molecule is CC(C)c1ccc(N2c3ccc(C(C)C)cc3B3c4ccccc4-c4cc(-c5ccc6oc7ccccc7c6c5)cc2c43)cc1. The molecular formula is C42H34BNO. The molecule has 2 aliphatic rings. The van der Waals surface area contributed by atoms with Gasteiger partial charge < -0.3 is 9.32 Å². The van der Waals surface area contributed by atoms with Crippen LogP contribution in [-0.4, -0.2) is 6.71 Å². The summed E-state index contributed by atoms with van der Waals surface area (Å²) in [6.07, 6.45) is 0. The van der Waals surface area contributed by atoms with Gasteiger partial charge in [0.2, 0.25) is 6.71 Å². The van der Waals surface area contributed by atoms with Crippen LogP contribution in [0.3, 0.4) is 0 Å². The van der Waals surface area contributed by atoms with Gasteiger partial charge in [-0.05, 0) is 105 Å². The Kier molecular flexibility index (Phi) is 5.71. The first kappa shape index (κ1) is 26.4. The van der Waals surface area contributed by atoms with E-state index < -0.39 is 0 Å². The Bertz CT molecular complexity index is 2290. The average molecular weight is 580 g/mol. The molecule has 2 nitrogen and oxygen atoms in total. The van der Waals surface area contributed by atoms with Crippen LogP contribution in [0.5, 0.6) is 0 Å². The van der Waals surface area contributed by atoms with Gasteiger partial charge in [0, 0.05) is 27.8 Å². The van der Waals surface area contributed by atoms with Crippen molar-refractivity contribution in [1.29, 1.82) is 0 Å². The molecule has 45 heavy (non-hydrogen) atoms. The van der Waals surface area contributed by atoms with E-state index in [1.165, 1.54) is 66.8 Å². The maximum Gasteiger partial charge on any atom is 0.248 e. The molecule has 3 heteroatoms. The van der Waals surface area contributed by atoms with Crippen LogP contribution in [0.2, 0.25) is 0 Å². The van der Waals surface area contributed by atoms with E-state index in [9.17, 15) is 0 Å². The standard InChI is InChI=1S/C42H34BNO/c1-25(2)27-13-17-31(18-14-27)44-38-19-15-28(26(3)4)23-37(38)43-36-11-7-5-9-32(36)35-22-30(24-39(44)42(35)43)29-16-20-41-34(21-29)33-10-6-8-12-40(33)45-41/h5-26H,1-4H3. The second-order valence-electron chi connectivity index (χ2n) is 13.3. The van der Waals surface area contributed by atoms with Crippen molar-refractivity contribution in [2.24, 2.45) is 0 Å². The van der Waals surface area contributed by atoms with Crippen molar-refractivity contribution in [2.75, 3.05) is 4.90 Å². The van der Waals surface area contributed by atoms with Gasteiger partial charge in [-0.25, -0.2) is 0 Å². The lowest BCUT2D eigenvalue weighted by atomic mass is 9.37. The first-order valence-electron chi connectivity index (χ1n) is 16.2. The molecular weight excluding hydrogens is 545 g/mol. The van der Waals surface area contributed by atoms with Crippen LogP contribution in [0, 0.1) is 0 Å². The van der Waals surface area contributed by atoms with E-state index in [0.717, 1.165) is 21.9 Å². The fourth-order valence-corrected chi connectivity index (χ4v) is 7.68. The maximum atomic E-state index is 6.19. The Balaban J connectivity index is 1.33. The van der Waals surface area contributed by atoms with E-state index in [1.807, 2.05) is 6.07 Å². The lowest BCUT2D eigenvalue weighted by Gasteiger charge is -2.37. The summed E-state index contributed by atoms with van der Waals surface area (Å²) < 4.78 is 6.19. The highest BCUT2D eigenvalue weighted by Gasteiger charge is 2.42. The topological polar surface area (TPSA) is 16.4 Å². The summed E-state index contributed by atoms with van der Waals surface area (Å²) in [4.78, 5) is 2.51. The van der Waals surface area contributed by atoms with Crippen LogP contribution in [0.15, 0.2) is 126 Å². The molecule has 0 unspecified atom stereocenters. The fourth-order valence-electron chi connectivity index (χ4n) is 7.68. The van der Waals surface area contributed by atoms with Crippen molar-refractivity contribution >= 4 is 62.1 Å². The quantitative estimate of drug-likeness (QED) is 0.193. The molecule has 2 aliphatic heterocycles. The van der Waals surface area contributed by atoms with Crippen LogP contribution < -0.4 is 21.3 Å². The van der Waals surface area contributed by atoms with E-state index in [-0.39, 0.29) is 6.71 Å². The number of furan rings is 1. The van der Waals surface area contributed by atoms with Crippen LogP contribution >= 0.6 is 0 Å². The van der Waals surface area contributed by atoms with E-state index in [2.05, 4.69) is 148 Å². The molecule has 0 bridgehead atoms. The first-order chi connectivity index (χ1) is 22.0. The highest BCUT2D eigenvalue weighted by molar-refractivity contribution is 7.01. The molecule has 0 N–H and O–H groups in total. The second kappa shape index (κ2) is 9.74.